The summed E-state index contributed by atoms with van der Waals surface area (Å²) in [6, 6.07) is 25.9. The zero-order valence-electron chi connectivity index (χ0n) is 16.6. The zero-order chi connectivity index (χ0) is 21.8. The lowest BCUT2D eigenvalue weighted by Gasteiger charge is -2.14. The summed E-state index contributed by atoms with van der Waals surface area (Å²) in [6.45, 7) is 0.451. The van der Waals surface area contributed by atoms with E-state index in [2.05, 4.69) is 0 Å². The normalized spacial score (nSPS) is 11.4. The van der Waals surface area contributed by atoms with Gasteiger partial charge in [-0.2, -0.15) is 0 Å². The van der Waals surface area contributed by atoms with Crippen LogP contribution in [-0.2, 0) is 23.1 Å². The van der Waals surface area contributed by atoms with Gasteiger partial charge in [0, 0.05) is 34.6 Å². The molecule has 31 heavy (non-hydrogen) atoms. The second-order valence-corrected chi connectivity index (χ2v) is 9.11. The van der Waals surface area contributed by atoms with Gasteiger partial charge in [-0.1, -0.05) is 48.0 Å². The summed E-state index contributed by atoms with van der Waals surface area (Å²) in [5.41, 5.74) is 3.68. The quantitative estimate of drug-likeness (QED) is 0.431. The average molecular weight is 453 g/mol. The summed E-state index contributed by atoms with van der Waals surface area (Å²) in [4.78, 5) is 0.0688. The Morgan fingerprint density at radius 3 is 2.48 bits per heavy atom. The smallest absolute Gasteiger partial charge is 0.238 e. The predicted octanol–water partition coefficient (Wildman–Crippen LogP) is 4.95. The summed E-state index contributed by atoms with van der Waals surface area (Å²) >= 11 is 6.26. The lowest BCUT2D eigenvalue weighted by Crippen LogP contribution is -2.12. The van der Waals surface area contributed by atoms with E-state index >= 15 is 0 Å². The Hall–Kier alpha value is -3.06. The SMILES string of the molecule is NS(=O)(=O)c1cccc(-n2cccc2Cc2cc(Cl)ccc2OCc2ccccc2)c1. The van der Waals surface area contributed by atoms with Crippen LogP contribution >= 0.6 is 11.6 Å². The van der Waals surface area contributed by atoms with E-state index in [4.69, 9.17) is 21.5 Å². The molecule has 0 bridgehead atoms. The Morgan fingerprint density at radius 1 is 0.903 bits per heavy atom. The van der Waals surface area contributed by atoms with E-state index in [1.54, 1.807) is 18.2 Å². The molecule has 5 nitrogen and oxygen atoms in total. The van der Waals surface area contributed by atoms with Crippen LogP contribution in [0.4, 0.5) is 0 Å². The van der Waals surface area contributed by atoms with Crippen molar-refractivity contribution in [2.45, 2.75) is 17.9 Å². The number of aromatic nitrogens is 1. The molecule has 1 heterocycles. The molecule has 0 saturated heterocycles. The highest BCUT2D eigenvalue weighted by atomic mass is 35.5. The third kappa shape index (κ3) is 5.17. The lowest BCUT2D eigenvalue weighted by atomic mass is 10.1. The van der Waals surface area contributed by atoms with Gasteiger partial charge in [0.1, 0.15) is 12.4 Å². The van der Waals surface area contributed by atoms with Gasteiger partial charge in [-0.25, -0.2) is 13.6 Å². The molecular weight excluding hydrogens is 432 g/mol. The summed E-state index contributed by atoms with van der Waals surface area (Å²) in [6.07, 6.45) is 2.43. The molecule has 4 aromatic rings. The fourth-order valence-corrected chi connectivity index (χ4v) is 4.13. The molecule has 0 saturated carbocycles. The number of hydrogen-bond acceptors (Lipinski definition) is 3. The molecule has 158 valence electrons. The minimum Gasteiger partial charge on any atom is -0.489 e. The van der Waals surface area contributed by atoms with Gasteiger partial charge < -0.3 is 9.30 Å². The van der Waals surface area contributed by atoms with E-state index < -0.39 is 10.0 Å². The van der Waals surface area contributed by atoms with E-state index in [1.807, 2.05) is 71.4 Å². The fraction of sp³-hybridized carbons (Fsp3) is 0.0833. The van der Waals surface area contributed by atoms with Crippen LogP contribution < -0.4 is 9.88 Å². The second-order valence-electron chi connectivity index (χ2n) is 7.11. The number of sulfonamides is 1. The first-order valence-electron chi connectivity index (χ1n) is 9.65. The topological polar surface area (TPSA) is 74.3 Å². The predicted molar refractivity (Wildman–Crippen MR) is 122 cm³/mol. The van der Waals surface area contributed by atoms with Crippen LogP contribution in [0.25, 0.3) is 5.69 Å². The highest BCUT2D eigenvalue weighted by molar-refractivity contribution is 7.89. The first kappa shape index (κ1) is 21.2. The molecule has 0 radical (unpaired) electrons. The fourth-order valence-electron chi connectivity index (χ4n) is 3.38. The van der Waals surface area contributed by atoms with Crippen molar-refractivity contribution >= 4 is 21.6 Å². The third-order valence-electron chi connectivity index (χ3n) is 4.89. The van der Waals surface area contributed by atoms with Crippen molar-refractivity contribution in [1.82, 2.24) is 4.57 Å². The molecule has 0 unspecified atom stereocenters. The Morgan fingerprint density at radius 2 is 1.71 bits per heavy atom. The number of halogens is 1. The standard InChI is InChI=1S/C24H21ClN2O3S/c25-20-11-12-24(30-17-18-6-2-1-3-7-18)19(14-20)15-21-9-5-13-27(21)22-8-4-10-23(16-22)31(26,28)29/h1-14,16H,15,17H2,(H2,26,28,29). The maximum Gasteiger partial charge on any atom is 0.238 e. The monoisotopic (exact) mass is 452 g/mol. The van der Waals surface area contributed by atoms with Crippen molar-refractivity contribution in [2.24, 2.45) is 5.14 Å². The summed E-state index contributed by atoms with van der Waals surface area (Å²) in [5, 5.41) is 5.91. The number of rotatable bonds is 7. The summed E-state index contributed by atoms with van der Waals surface area (Å²) in [5.74, 6) is 0.749. The number of nitrogens with two attached hydrogens (primary N) is 1. The second kappa shape index (κ2) is 8.98. The maximum atomic E-state index is 11.7. The zero-order valence-corrected chi connectivity index (χ0v) is 18.2. The van der Waals surface area contributed by atoms with Crippen LogP contribution in [0.5, 0.6) is 5.75 Å². The van der Waals surface area contributed by atoms with Crippen molar-refractivity contribution in [3.8, 4) is 11.4 Å². The van der Waals surface area contributed by atoms with Gasteiger partial charge in [0.25, 0.3) is 0 Å². The van der Waals surface area contributed by atoms with E-state index in [0.29, 0.717) is 23.7 Å². The van der Waals surface area contributed by atoms with Crippen LogP contribution in [0.3, 0.4) is 0 Å². The number of benzene rings is 3. The number of nitrogens with zero attached hydrogens (tertiary/aromatic N) is 1. The van der Waals surface area contributed by atoms with Crippen molar-refractivity contribution in [1.29, 1.82) is 0 Å². The number of ether oxygens (including phenoxy) is 1. The molecule has 4 rings (SSSR count). The van der Waals surface area contributed by atoms with Gasteiger partial charge in [-0.3, -0.25) is 0 Å². The highest BCUT2D eigenvalue weighted by Gasteiger charge is 2.13. The maximum absolute atomic E-state index is 11.7. The van der Waals surface area contributed by atoms with Crippen LogP contribution in [0.15, 0.2) is 96.0 Å². The molecule has 7 heteroatoms. The molecule has 0 aliphatic heterocycles. The molecule has 1 aromatic heterocycles. The Balaban J connectivity index is 1.63. The Bertz CT molecular complexity index is 1300. The van der Waals surface area contributed by atoms with Crippen molar-refractivity contribution in [3.05, 3.63) is 113 Å². The molecule has 0 aliphatic rings. The molecule has 0 fully saturated rings. The first-order valence-corrected chi connectivity index (χ1v) is 11.6. The number of hydrogen-bond donors (Lipinski definition) is 1. The molecule has 0 spiro atoms. The largest absolute Gasteiger partial charge is 0.489 e. The van der Waals surface area contributed by atoms with Crippen LogP contribution in [-0.4, -0.2) is 13.0 Å². The highest BCUT2D eigenvalue weighted by Crippen LogP contribution is 2.28. The van der Waals surface area contributed by atoms with Crippen LogP contribution in [0.2, 0.25) is 5.02 Å². The van der Waals surface area contributed by atoms with E-state index in [-0.39, 0.29) is 4.90 Å². The molecule has 0 amide bonds. The third-order valence-corrected chi connectivity index (χ3v) is 6.03. The molecule has 3 aromatic carbocycles. The van der Waals surface area contributed by atoms with E-state index in [0.717, 1.165) is 22.6 Å². The van der Waals surface area contributed by atoms with Crippen molar-refractivity contribution < 1.29 is 13.2 Å². The van der Waals surface area contributed by atoms with Gasteiger partial charge in [0.05, 0.1) is 4.90 Å². The van der Waals surface area contributed by atoms with Crippen molar-refractivity contribution in [3.63, 3.8) is 0 Å². The first-order chi connectivity index (χ1) is 14.9. The van der Waals surface area contributed by atoms with Gasteiger partial charge in [0.15, 0.2) is 0 Å². The summed E-state index contributed by atoms with van der Waals surface area (Å²) < 4.78 is 31.5. The molecule has 2 N–H and O–H groups in total. The molecule has 0 aliphatic carbocycles. The van der Waals surface area contributed by atoms with Gasteiger partial charge in [0.2, 0.25) is 10.0 Å². The van der Waals surface area contributed by atoms with Crippen molar-refractivity contribution in [2.75, 3.05) is 0 Å². The van der Waals surface area contributed by atoms with Crippen LogP contribution in [0, 0.1) is 0 Å². The minimum atomic E-state index is -3.78. The van der Waals surface area contributed by atoms with Gasteiger partial charge >= 0.3 is 0 Å². The Labute approximate surface area is 186 Å². The molecule has 0 atom stereocenters. The number of primary sulfonamides is 1. The van der Waals surface area contributed by atoms with Crippen LogP contribution in [0.1, 0.15) is 16.8 Å². The van der Waals surface area contributed by atoms with Gasteiger partial charge in [-0.15, -0.1) is 0 Å². The van der Waals surface area contributed by atoms with Gasteiger partial charge in [-0.05, 0) is 54.1 Å². The minimum absolute atomic E-state index is 0.0688. The lowest BCUT2D eigenvalue weighted by molar-refractivity contribution is 0.303. The Kier molecular flexibility index (Phi) is 6.13. The van der Waals surface area contributed by atoms with E-state index in [9.17, 15) is 8.42 Å². The average Bonchev–Trinajstić information content (AvgIpc) is 3.22. The van der Waals surface area contributed by atoms with E-state index in [1.165, 1.54) is 6.07 Å². The summed E-state index contributed by atoms with van der Waals surface area (Å²) in [7, 11) is -3.78. The molecular formula is C24H21ClN2O3S.